The molecule has 144 valence electrons. The van der Waals surface area contributed by atoms with Crippen LogP contribution in [0.3, 0.4) is 0 Å². The smallest absolute Gasteiger partial charge is 0.486 e. The first-order valence-corrected chi connectivity index (χ1v) is 8.06. The lowest BCUT2D eigenvalue weighted by atomic mass is 10.2. The molecule has 2 aromatic carbocycles. The van der Waals surface area contributed by atoms with E-state index >= 15 is 0 Å². The first-order valence-electron chi connectivity index (χ1n) is 8.06. The summed E-state index contributed by atoms with van der Waals surface area (Å²) in [6, 6.07) is 10.0. The Hall–Kier alpha value is -3.10. The van der Waals surface area contributed by atoms with Gasteiger partial charge in [0.25, 0.3) is 0 Å². The number of hydrogen-bond acceptors (Lipinski definition) is 4. The predicted molar refractivity (Wildman–Crippen MR) is 91.0 cm³/mol. The highest BCUT2D eigenvalue weighted by Crippen LogP contribution is 2.32. The predicted octanol–water partition coefficient (Wildman–Crippen LogP) is 4.02. The number of nitrogens with zero attached hydrogens (tertiary/aromatic N) is 1. The highest BCUT2D eigenvalue weighted by Gasteiger charge is 2.31. The molecule has 1 heterocycles. The van der Waals surface area contributed by atoms with Crippen LogP contribution in [0.4, 0.5) is 23.7 Å². The van der Waals surface area contributed by atoms with E-state index in [2.05, 4.69) is 10.1 Å². The molecule has 0 unspecified atom stereocenters. The van der Waals surface area contributed by atoms with E-state index in [4.69, 9.17) is 9.47 Å². The summed E-state index contributed by atoms with van der Waals surface area (Å²) in [5.74, 6) is 0.866. The highest BCUT2D eigenvalue weighted by atomic mass is 19.4. The molecule has 27 heavy (non-hydrogen) atoms. The van der Waals surface area contributed by atoms with Crippen molar-refractivity contribution in [3.8, 4) is 17.2 Å². The van der Waals surface area contributed by atoms with Gasteiger partial charge in [-0.2, -0.15) is 0 Å². The molecule has 1 aliphatic heterocycles. The van der Waals surface area contributed by atoms with Gasteiger partial charge in [0.1, 0.15) is 19.0 Å². The third kappa shape index (κ3) is 5.19. The number of carbonyl (C=O) groups excluding carboxylic acids is 1. The van der Waals surface area contributed by atoms with Crippen molar-refractivity contribution < 1.29 is 32.2 Å². The summed E-state index contributed by atoms with van der Waals surface area (Å²) < 4.78 is 51.2. The van der Waals surface area contributed by atoms with E-state index in [9.17, 15) is 18.0 Å². The van der Waals surface area contributed by atoms with Crippen LogP contribution in [0.5, 0.6) is 17.2 Å². The molecule has 0 radical (unpaired) electrons. The fraction of sp³-hybridized carbons (Fsp3) is 0.278. The van der Waals surface area contributed by atoms with E-state index in [1.54, 1.807) is 25.2 Å². The third-order valence-electron chi connectivity index (χ3n) is 3.72. The van der Waals surface area contributed by atoms with Gasteiger partial charge in [0.15, 0.2) is 11.5 Å². The van der Waals surface area contributed by atoms with E-state index in [1.165, 1.54) is 29.2 Å². The van der Waals surface area contributed by atoms with Gasteiger partial charge in [0.05, 0.1) is 0 Å². The van der Waals surface area contributed by atoms with Gasteiger partial charge in [-0.25, -0.2) is 4.79 Å². The lowest BCUT2D eigenvalue weighted by molar-refractivity contribution is -0.274. The van der Waals surface area contributed by atoms with E-state index in [-0.39, 0.29) is 18.3 Å². The van der Waals surface area contributed by atoms with Crippen LogP contribution in [0.15, 0.2) is 42.5 Å². The van der Waals surface area contributed by atoms with Crippen molar-refractivity contribution in [2.24, 2.45) is 0 Å². The summed E-state index contributed by atoms with van der Waals surface area (Å²) in [5, 5.41) is 2.73. The zero-order valence-corrected chi connectivity index (χ0v) is 14.4. The molecule has 0 aliphatic carbocycles. The molecular formula is C18H17F3N2O4. The van der Waals surface area contributed by atoms with Crippen molar-refractivity contribution in [3.05, 3.63) is 48.0 Å². The first kappa shape index (κ1) is 18.7. The van der Waals surface area contributed by atoms with Crippen molar-refractivity contribution in [2.45, 2.75) is 12.9 Å². The van der Waals surface area contributed by atoms with Gasteiger partial charge in [-0.05, 0) is 29.8 Å². The molecule has 0 saturated heterocycles. The van der Waals surface area contributed by atoms with Gasteiger partial charge in [-0.1, -0.05) is 12.1 Å². The summed E-state index contributed by atoms with van der Waals surface area (Å²) in [6.07, 6.45) is -4.73. The molecule has 1 N–H and O–H groups in total. The van der Waals surface area contributed by atoms with Crippen LogP contribution in [0.2, 0.25) is 0 Å². The second-order valence-electron chi connectivity index (χ2n) is 5.84. The molecule has 0 spiro atoms. The number of hydrogen-bond donors (Lipinski definition) is 1. The van der Waals surface area contributed by atoms with Gasteiger partial charge in [0, 0.05) is 25.3 Å². The lowest BCUT2D eigenvalue weighted by Gasteiger charge is -2.21. The number of ether oxygens (including phenoxy) is 3. The van der Waals surface area contributed by atoms with E-state index < -0.39 is 6.36 Å². The fourth-order valence-electron chi connectivity index (χ4n) is 2.48. The van der Waals surface area contributed by atoms with Crippen molar-refractivity contribution in [1.29, 1.82) is 0 Å². The zero-order chi connectivity index (χ0) is 19.4. The molecule has 9 heteroatoms. The van der Waals surface area contributed by atoms with Crippen LogP contribution in [0.25, 0.3) is 0 Å². The Morgan fingerprint density at radius 3 is 2.44 bits per heavy atom. The molecule has 0 saturated carbocycles. The third-order valence-corrected chi connectivity index (χ3v) is 3.72. The molecule has 1 aliphatic rings. The van der Waals surface area contributed by atoms with Crippen LogP contribution in [-0.4, -0.2) is 37.6 Å². The highest BCUT2D eigenvalue weighted by molar-refractivity contribution is 5.89. The minimum atomic E-state index is -4.73. The second kappa shape index (κ2) is 7.65. The van der Waals surface area contributed by atoms with Crippen LogP contribution >= 0.6 is 0 Å². The molecule has 0 aromatic heterocycles. The van der Waals surface area contributed by atoms with Crippen molar-refractivity contribution in [1.82, 2.24) is 4.90 Å². The van der Waals surface area contributed by atoms with Crippen molar-refractivity contribution >= 4 is 11.7 Å². The number of anilines is 1. The average Bonchev–Trinajstić information content (AvgIpc) is 2.62. The zero-order valence-electron chi connectivity index (χ0n) is 14.4. The summed E-state index contributed by atoms with van der Waals surface area (Å²) in [7, 11) is 1.58. The van der Waals surface area contributed by atoms with E-state index in [0.717, 1.165) is 0 Å². The Morgan fingerprint density at radius 1 is 1.11 bits per heavy atom. The minimum absolute atomic E-state index is 0.211. The molecule has 6 nitrogen and oxygen atoms in total. The lowest BCUT2D eigenvalue weighted by Crippen LogP contribution is -2.30. The maximum atomic E-state index is 12.3. The Kier molecular flexibility index (Phi) is 5.29. The van der Waals surface area contributed by atoms with Gasteiger partial charge in [-0.3, -0.25) is 0 Å². The van der Waals surface area contributed by atoms with Crippen LogP contribution < -0.4 is 19.5 Å². The van der Waals surface area contributed by atoms with Gasteiger partial charge >= 0.3 is 12.4 Å². The topological polar surface area (TPSA) is 60.0 Å². The number of alkyl halides is 3. The standard InChI is InChI=1S/C18H17F3N2O4/c1-23(11-12-2-5-14(6-3-12)27-18(19,20)21)17(24)22-13-4-7-15-16(10-13)26-9-8-25-15/h2-7,10H,8-9,11H2,1H3,(H,22,24). The SMILES string of the molecule is CN(Cc1ccc(OC(F)(F)F)cc1)C(=O)Nc1ccc2c(c1)OCCO2. The van der Waals surface area contributed by atoms with Gasteiger partial charge in [0.2, 0.25) is 0 Å². The van der Waals surface area contributed by atoms with Crippen molar-refractivity contribution in [2.75, 3.05) is 25.6 Å². The number of benzene rings is 2. The largest absolute Gasteiger partial charge is 0.573 e. The normalized spacial score (nSPS) is 13.0. The summed E-state index contributed by atoms with van der Waals surface area (Å²) in [4.78, 5) is 13.7. The number of urea groups is 1. The maximum absolute atomic E-state index is 12.3. The summed E-state index contributed by atoms with van der Waals surface area (Å²) in [6.45, 7) is 1.13. The summed E-state index contributed by atoms with van der Waals surface area (Å²) in [5.41, 5.74) is 1.20. The Balaban J connectivity index is 1.57. The average molecular weight is 382 g/mol. The summed E-state index contributed by atoms with van der Waals surface area (Å²) >= 11 is 0. The van der Waals surface area contributed by atoms with Crippen LogP contribution in [-0.2, 0) is 6.54 Å². The monoisotopic (exact) mass is 382 g/mol. The molecule has 2 amide bonds. The number of fused-ring (bicyclic) bond motifs is 1. The maximum Gasteiger partial charge on any atom is 0.573 e. The number of carbonyl (C=O) groups is 1. The molecule has 2 aromatic rings. The number of amides is 2. The van der Waals surface area contributed by atoms with E-state index in [0.29, 0.717) is 36.0 Å². The van der Waals surface area contributed by atoms with E-state index in [1.807, 2.05) is 0 Å². The molecule has 0 atom stereocenters. The molecule has 0 fully saturated rings. The van der Waals surface area contributed by atoms with Gasteiger partial charge < -0.3 is 24.4 Å². The van der Waals surface area contributed by atoms with Crippen LogP contribution in [0, 0.1) is 0 Å². The Bertz CT molecular complexity index is 809. The molecule has 0 bridgehead atoms. The molecule has 3 rings (SSSR count). The first-order chi connectivity index (χ1) is 12.8. The molecular weight excluding hydrogens is 365 g/mol. The Morgan fingerprint density at radius 2 is 1.78 bits per heavy atom. The van der Waals surface area contributed by atoms with Crippen molar-refractivity contribution in [3.63, 3.8) is 0 Å². The van der Waals surface area contributed by atoms with Crippen LogP contribution in [0.1, 0.15) is 5.56 Å². The number of halogens is 3. The minimum Gasteiger partial charge on any atom is -0.486 e. The number of rotatable bonds is 4. The quantitative estimate of drug-likeness (QED) is 0.868. The second-order valence-corrected chi connectivity index (χ2v) is 5.84. The fourth-order valence-corrected chi connectivity index (χ4v) is 2.48. The Labute approximate surface area is 153 Å². The van der Waals surface area contributed by atoms with Gasteiger partial charge in [-0.15, -0.1) is 13.2 Å². The number of nitrogens with one attached hydrogen (secondary N) is 1.